The van der Waals surface area contributed by atoms with Gasteiger partial charge in [0.15, 0.2) is 0 Å². The highest BCUT2D eigenvalue weighted by molar-refractivity contribution is 5.93. The van der Waals surface area contributed by atoms with E-state index in [1.165, 1.54) is 18.3 Å². The first kappa shape index (κ1) is 12.9. The predicted molar refractivity (Wildman–Crippen MR) is 69.3 cm³/mol. The maximum absolute atomic E-state index is 12.6. The van der Waals surface area contributed by atoms with Crippen molar-refractivity contribution >= 4 is 11.7 Å². The number of amides is 1. The second-order valence-electron chi connectivity index (χ2n) is 3.79. The van der Waals surface area contributed by atoms with E-state index in [0.717, 1.165) is 6.20 Å². The van der Waals surface area contributed by atoms with E-state index in [4.69, 9.17) is 0 Å². The van der Waals surface area contributed by atoms with Gasteiger partial charge in [0.25, 0.3) is 5.91 Å². The van der Waals surface area contributed by atoms with E-state index in [-0.39, 0.29) is 11.7 Å². The van der Waals surface area contributed by atoms with Gasteiger partial charge >= 0.3 is 0 Å². The quantitative estimate of drug-likeness (QED) is 0.799. The summed E-state index contributed by atoms with van der Waals surface area (Å²) in [6, 6.07) is 6.26. The van der Waals surface area contributed by atoms with Crippen LogP contribution in [-0.4, -0.2) is 29.0 Å². The topological polar surface area (TPSA) is 66.9 Å². The summed E-state index contributed by atoms with van der Waals surface area (Å²) in [6.07, 6.45) is 4.25. The Morgan fingerprint density at radius 1 is 1.21 bits per heavy atom. The van der Waals surface area contributed by atoms with Crippen LogP contribution in [0.4, 0.5) is 10.2 Å². The van der Waals surface area contributed by atoms with E-state index >= 15 is 0 Å². The average molecular weight is 260 g/mol. The molecule has 0 aromatic carbocycles. The molecule has 0 aliphatic heterocycles. The molecule has 0 aliphatic rings. The number of carbonyl (C=O) groups excluding carboxylic acids is 1. The largest absolute Gasteiger partial charge is 0.368 e. The summed E-state index contributed by atoms with van der Waals surface area (Å²) < 4.78 is 12.6. The lowest BCUT2D eigenvalue weighted by molar-refractivity contribution is 0.0955. The molecule has 0 bridgehead atoms. The van der Waals surface area contributed by atoms with Crippen LogP contribution in [0.15, 0.2) is 42.9 Å². The van der Waals surface area contributed by atoms with E-state index in [1.807, 2.05) is 0 Å². The molecule has 2 rings (SSSR count). The van der Waals surface area contributed by atoms with Gasteiger partial charge in [-0.05, 0) is 24.3 Å². The molecule has 2 aromatic heterocycles. The van der Waals surface area contributed by atoms with Gasteiger partial charge in [-0.25, -0.2) is 9.37 Å². The Kier molecular flexibility index (Phi) is 4.39. The van der Waals surface area contributed by atoms with Crippen LogP contribution in [0.3, 0.4) is 0 Å². The van der Waals surface area contributed by atoms with E-state index in [2.05, 4.69) is 20.6 Å². The molecule has 0 saturated heterocycles. The van der Waals surface area contributed by atoms with Gasteiger partial charge in [-0.3, -0.25) is 9.78 Å². The molecular weight excluding hydrogens is 247 g/mol. The van der Waals surface area contributed by atoms with Crippen molar-refractivity contribution in [3.8, 4) is 0 Å². The fourth-order valence-corrected chi connectivity index (χ4v) is 1.45. The number of pyridine rings is 2. The minimum atomic E-state index is -0.379. The van der Waals surface area contributed by atoms with Crippen molar-refractivity contribution in [3.05, 3.63) is 54.2 Å². The number of anilines is 1. The third-order valence-corrected chi connectivity index (χ3v) is 2.37. The van der Waals surface area contributed by atoms with Crippen molar-refractivity contribution in [1.82, 2.24) is 15.3 Å². The second-order valence-corrected chi connectivity index (χ2v) is 3.79. The number of rotatable bonds is 5. The molecule has 19 heavy (non-hydrogen) atoms. The summed E-state index contributed by atoms with van der Waals surface area (Å²) in [5.74, 6) is 0.00872. The molecule has 6 heteroatoms. The van der Waals surface area contributed by atoms with Crippen LogP contribution >= 0.6 is 0 Å². The van der Waals surface area contributed by atoms with Gasteiger partial charge in [0, 0.05) is 25.5 Å². The molecule has 98 valence electrons. The lowest BCUT2D eigenvalue weighted by Crippen LogP contribution is -2.28. The SMILES string of the molecule is O=C(NCCNc1ccc(F)cn1)c1cccnc1. The number of aromatic nitrogens is 2. The zero-order chi connectivity index (χ0) is 13.5. The van der Waals surface area contributed by atoms with Gasteiger partial charge in [0.1, 0.15) is 11.6 Å². The molecule has 0 saturated carbocycles. The first-order chi connectivity index (χ1) is 9.25. The molecule has 0 spiro atoms. The van der Waals surface area contributed by atoms with Crippen LogP contribution in [0.25, 0.3) is 0 Å². The third-order valence-electron chi connectivity index (χ3n) is 2.37. The van der Waals surface area contributed by atoms with Crippen molar-refractivity contribution in [3.63, 3.8) is 0 Å². The van der Waals surface area contributed by atoms with E-state index in [9.17, 15) is 9.18 Å². The summed E-state index contributed by atoms with van der Waals surface area (Å²) in [5.41, 5.74) is 0.516. The summed E-state index contributed by atoms with van der Waals surface area (Å²) in [7, 11) is 0. The lowest BCUT2D eigenvalue weighted by atomic mass is 10.3. The molecular formula is C13H13FN4O. The van der Waals surface area contributed by atoms with Gasteiger partial charge < -0.3 is 10.6 Å². The zero-order valence-electron chi connectivity index (χ0n) is 10.1. The van der Waals surface area contributed by atoms with Gasteiger partial charge in [0.05, 0.1) is 11.8 Å². The Bertz CT molecular complexity index is 530. The second kappa shape index (κ2) is 6.44. The van der Waals surface area contributed by atoms with E-state index in [1.54, 1.807) is 18.3 Å². The number of hydrogen-bond acceptors (Lipinski definition) is 4. The minimum Gasteiger partial charge on any atom is -0.368 e. The predicted octanol–water partition coefficient (Wildman–Crippen LogP) is 1.46. The van der Waals surface area contributed by atoms with Gasteiger partial charge in [-0.15, -0.1) is 0 Å². The number of carbonyl (C=O) groups is 1. The summed E-state index contributed by atoms with van der Waals surface area (Å²) in [4.78, 5) is 19.4. The van der Waals surface area contributed by atoms with Crippen molar-refractivity contribution < 1.29 is 9.18 Å². The van der Waals surface area contributed by atoms with Crippen molar-refractivity contribution in [2.75, 3.05) is 18.4 Å². The Balaban J connectivity index is 1.72. The van der Waals surface area contributed by atoms with Crippen LogP contribution in [0.2, 0.25) is 0 Å². The Morgan fingerprint density at radius 3 is 2.79 bits per heavy atom. The normalized spacial score (nSPS) is 9.95. The molecule has 2 aromatic rings. The molecule has 0 atom stereocenters. The molecule has 2 heterocycles. The molecule has 0 radical (unpaired) electrons. The monoisotopic (exact) mass is 260 g/mol. The summed E-state index contributed by atoms with van der Waals surface area (Å²) >= 11 is 0. The Morgan fingerprint density at radius 2 is 2.11 bits per heavy atom. The summed E-state index contributed by atoms with van der Waals surface area (Å²) in [6.45, 7) is 0.942. The average Bonchev–Trinajstić information content (AvgIpc) is 2.46. The van der Waals surface area contributed by atoms with E-state index < -0.39 is 0 Å². The zero-order valence-corrected chi connectivity index (χ0v) is 10.1. The van der Waals surface area contributed by atoms with Crippen LogP contribution in [0.5, 0.6) is 0 Å². The van der Waals surface area contributed by atoms with Crippen LogP contribution in [0, 0.1) is 5.82 Å². The highest BCUT2D eigenvalue weighted by Gasteiger charge is 2.03. The molecule has 5 nitrogen and oxygen atoms in total. The van der Waals surface area contributed by atoms with Crippen LogP contribution < -0.4 is 10.6 Å². The number of nitrogens with zero attached hydrogens (tertiary/aromatic N) is 2. The van der Waals surface area contributed by atoms with Crippen LogP contribution in [-0.2, 0) is 0 Å². The van der Waals surface area contributed by atoms with Crippen LogP contribution in [0.1, 0.15) is 10.4 Å². The van der Waals surface area contributed by atoms with Crippen molar-refractivity contribution in [1.29, 1.82) is 0 Å². The number of hydrogen-bond donors (Lipinski definition) is 2. The number of halogens is 1. The van der Waals surface area contributed by atoms with Gasteiger partial charge in [0.2, 0.25) is 0 Å². The maximum Gasteiger partial charge on any atom is 0.252 e. The molecule has 0 unspecified atom stereocenters. The standard InChI is InChI=1S/C13H13FN4O/c14-11-3-4-12(18-9-11)16-6-7-17-13(19)10-2-1-5-15-8-10/h1-5,8-9H,6-7H2,(H,16,18)(H,17,19). The molecule has 0 aliphatic carbocycles. The molecule has 0 fully saturated rings. The number of nitrogens with one attached hydrogen (secondary N) is 2. The molecule has 1 amide bonds. The highest BCUT2D eigenvalue weighted by atomic mass is 19.1. The van der Waals surface area contributed by atoms with E-state index in [0.29, 0.717) is 24.5 Å². The van der Waals surface area contributed by atoms with Crippen molar-refractivity contribution in [2.24, 2.45) is 0 Å². The van der Waals surface area contributed by atoms with Gasteiger partial charge in [-0.2, -0.15) is 0 Å². The Labute approximate surface area is 109 Å². The Hall–Kier alpha value is -2.50. The first-order valence-corrected chi connectivity index (χ1v) is 5.79. The maximum atomic E-state index is 12.6. The fourth-order valence-electron chi connectivity index (χ4n) is 1.45. The smallest absolute Gasteiger partial charge is 0.252 e. The highest BCUT2D eigenvalue weighted by Crippen LogP contribution is 2.02. The third kappa shape index (κ3) is 4.02. The first-order valence-electron chi connectivity index (χ1n) is 5.79. The fraction of sp³-hybridized carbons (Fsp3) is 0.154. The van der Waals surface area contributed by atoms with Crippen molar-refractivity contribution in [2.45, 2.75) is 0 Å². The minimum absolute atomic E-state index is 0.179. The van der Waals surface area contributed by atoms with Gasteiger partial charge in [-0.1, -0.05) is 0 Å². The lowest BCUT2D eigenvalue weighted by Gasteiger charge is -2.07. The summed E-state index contributed by atoms with van der Waals surface area (Å²) in [5, 5.41) is 5.71. The molecule has 2 N–H and O–H groups in total.